The molecule has 27 heavy (non-hydrogen) atoms. The number of carbonyl (C=O) groups is 2. The van der Waals surface area contributed by atoms with Gasteiger partial charge in [-0.25, -0.2) is 9.59 Å². The van der Waals surface area contributed by atoms with Crippen LogP contribution < -0.4 is 10.6 Å². The van der Waals surface area contributed by atoms with Gasteiger partial charge < -0.3 is 20.1 Å². The average Bonchev–Trinajstić information content (AvgIpc) is 3.22. The van der Waals surface area contributed by atoms with Crippen LogP contribution in [0.4, 0.5) is 10.7 Å². The Labute approximate surface area is 166 Å². The van der Waals surface area contributed by atoms with Crippen molar-refractivity contribution in [3.63, 3.8) is 0 Å². The number of hydrogen-bond acceptors (Lipinski definition) is 6. The minimum Gasteiger partial charge on any atom is -0.465 e. The Hall–Kier alpha value is -2.45. The lowest BCUT2D eigenvalue weighted by Crippen LogP contribution is -2.20. The number of methoxy groups -OCH3 is 1. The van der Waals surface area contributed by atoms with Crippen LogP contribution in [0.15, 0.2) is 24.3 Å². The minimum atomic E-state index is -0.386. The predicted octanol–water partition coefficient (Wildman–Crippen LogP) is 4.01. The van der Waals surface area contributed by atoms with Crippen molar-refractivity contribution in [1.82, 2.24) is 0 Å². The highest BCUT2D eigenvalue weighted by Gasteiger charge is 2.27. The molecule has 0 radical (unpaired) electrons. The summed E-state index contributed by atoms with van der Waals surface area (Å²) in [5.74, 6) is -0.744. The highest BCUT2D eigenvalue weighted by Crippen LogP contribution is 2.39. The van der Waals surface area contributed by atoms with Crippen LogP contribution in [0.5, 0.6) is 0 Å². The van der Waals surface area contributed by atoms with Crippen LogP contribution in [0.1, 0.15) is 44.5 Å². The molecule has 0 saturated heterocycles. The van der Waals surface area contributed by atoms with E-state index in [1.165, 1.54) is 23.3 Å². The lowest BCUT2D eigenvalue weighted by atomic mass is 10.1. The first kappa shape index (κ1) is 19.3. The normalized spacial score (nSPS) is 12.2. The number of rotatable bonds is 5. The molecule has 2 aromatic rings. The van der Waals surface area contributed by atoms with Crippen LogP contribution in [0.3, 0.4) is 0 Å². The molecule has 0 bridgehead atoms. The summed E-state index contributed by atoms with van der Waals surface area (Å²) in [7, 11) is 1.38. The molecule has 142 valence electrons. The molecule has 0 amide bonds. The number of hydrogen-bond donors (Lipinski definition) is 2. The maximum atomic E-state index is 12.2. The smallest absolute Gasteiger partial charge is 0.341 e. The van der Waals surface area contributed by atoms with E-state index < -0.39 is 0 Å². The number of thiophene rings is 1. The monoisotopic (exact) mass is 404 g/mol. The summed E-state index contributed by atoms with van der Waals surface area (Å²) in [6, 6.07) is 6.89. The molecular weight excluding hydrogens is 384 g/mol. The second kappa shape index (κ2) is 8.49. The van der Waals surface area contributed by atoms with Crippen LogP contribution in [0, 0.1) is 0 Å². The number of carbonyl (C=O) groups excluding carboxylic acids is 2. The minimum absolute atomic E-state index is 0.315. The third-order valence-corrected chi connectivity index (χ3v) is 5.58. The second-order valence-corrected chi connectivity index (χ2v) is 7.45. The number of nitrogens with one attached hydrogen (secondary N) is 2. The summed E-state index contributed by atoms with van der Waals surface area (Å²) in [5.41, 5.74) is 2.72. The van der Waals surface area contributed by atoms with Crippen LogP contribution in [0.2, 0.25) is 0 Å². The molecule has 0 spiro atoms. The summed E-state index contributed by atoms with van der Waals surface area (Å²) in [4.78, 5) is 25.3. The molecule has 3 rings (SSSR count). The first-order chi connectivity index (χ1) is 13.0. The van der Waals surface area contributed by atoms with E-state index in [0.29, 0.717) is 33.5 Å². The fourth-order valence-electron chi connectivity index (χ4n) is 3.01. The molecule has 1 aromatic heterocycles. The standard InChI is InChI=1S/C19H20N2O4S2/c1-3-25-17(22)11-6-4-7-12(10-11)20-19(26)21-16-15(18(23)24-2)13-8-5-9-14(13)27-16/h4,6-7,10H,3,5,8-9H2,1-2H3,(H2,20,21,26). The van der Waals surface area contributed by atoms with Gasteiger partial charge in [0.05, 0.1) is 24.8 Å². The summed E-state index contributed by atoms with van der Waals surface area (Å²) >= 11 is 6.92. The highest BCUT2D eigenvalue weighted by molar-refractivity contribution is 7.80. The Kier molecular flexibility index (Phi) is 6.08. The zero-order chi connectivity index (χ0) is 19.4. The average molecular weight is 405 g/mol. The van der Waals surface area contributed by atoms with Crippen molar-refractivity contribution in [3.8, 4) is 0 Å². The fraction of sp³-hybridized carbons (Fsp3) is 0.316. The van der Waals surface area contributed by atoms with E-state index in [2.05, 4.69) is 10.6 Å². The second-order valence-electron chi connectivity index (χ2n) is 5.93. The van der Waals surface area contributed by atoms with Crippen molar-refractivity contribution in [3.05, 3.63) is 45.8 Å². The maximum Gasteiger partial charge on any atom is 0.341 e. The Balaban J connectivity index is 1.75. The Morgan fingerprint density at radius 2 is 2.04 bits per heavy atom. The van der Waals surface area contributed by atoms with Crippen molar-refractivity contribution >= 4 is 51.3 Å². The van der Waals surface area contributed by atoms with E-state index in [0.717, 1.165) is 24.8 Å². The Morgan fingerprint density at radius 3 is 2.78 bits per heavy atom. The maximum absolute atomic E-state index is 12.2. The van der Waals surface area contributed by atoms with Gasteiger partial charge in [-0.15, -0.1) is 11.3 Å². The summed E-state index contributed by atoms with van der Waals surface area (Å²) in [6.07, 6.45) is 2.89. The number of anilines is 2. The van der Waals surface area contributed by atoms with Gasteiger partial charge in [0, 0.05) is 10.6 Å². The molecule has 0 fully saturated rings. The molecule has 6 nitrogen and oxygen atoms in total. The summed E-state index contributed by atoms with van der Waals surface area (Å²) in [6.45, 7) is 2.08. The third-order valence-electron chi connectivity index (χ3n) is 4.17. The SMILES string of the molecule is CCOC(=O)c1cccc(NC(=S)Nc2sc3c(c2C(=O)OC)CCC3)c1. The van der Waals surface area contributed by atoms with E-state index in [9.17, 15) is 9.59 Å². The van der Waals surface area contributed by atoms with Crippen molar-refractivity contribution in [2.75, 3.05) is 24.4 Å². The van der Waals surface area contributed by atoms with Gasteiger partial charge in [0.25, 0.3) is 0 Å². The highest BCUT2D eigenvalue weighted by atomic mass is 32.1. The molecule has 1 heterocycles. The lowest BCUT2D eigenvalue weighted by molar-refractivity contribution is 0.0525. The van der Waals surface area contributed by atoms with Crippen molar-refractivity contribution in [2.24, 2.45) is 0 Å². The van der Waals surface area contributed by atoms with Gasteiger partial charge >= 0.3 is 11.9 Å². The van der Waals surface area contributed by atoms with Crippen molar-refractivity contribution < 1.29 is 19.1 Å². The Morgan fingerprint density at radius 1 is 1.22 bits per heavy atom. The van der Waals surface area contributed by atoms with Crippen LogP contribution >= 0.6 is 23.6 Å². The number of ether oxygens (including phenoxy) is 2. The zero-order valence-electron chi connectivity index (χ0n) is 15.1. The zero-order valence-corrected chi connectivity index (χ0v) is 16.7. The first-order valence-corrected chi connectivity index (χ1v) is 9.84. The van der Waals surface area contributed by atoms with Gasteiger partial charge in [-0.2, -0.15) is 0 Å². The van der Waals surface area contributed by atoms with E-state index in [4.69, 9.17) is 21.7 Å². The molecule has 0 aliphatic heterocycles. The summed E-state index contributed by atoms with van der Waals surface area (Å²) < 4.78 is 9.95. The molecule has 0 unspecified atom stereocenters. The molecule has 1 aromatic carbocycles. The largest absolute Gasteiger partial charge is 0.465 e. The summed E-state index contributed by atoms with van der Waals surface area (Å²) in [5, 5.41) is 7.16. The van der Waals surface area contributed by atoms with Gasteiger partial charge in [-0.05, 0) is 62.2 Å². The van der Waals surface area contributed by atoms with Crippen LogP contribution in [-0.2, 0) is 22.3 Å². The fourth-order valence-corrected chi connectivity index (χ4v) is 4.58. The molecular formula is C19H20N2O4S2. The quantitative estimate of drug-likeness (QED) is 0.576. The van der Waals surface area contributed by atoms with Crippen LogP contribution in [0.25, 0.3) is 0 Å². The molecule has 0 saturated carbocycles. The molecule has 0 atom stereocenters. The number of aryl methyl sites for hydroxylation is 1. The van der Waals surface area contributed by atoms with Crippen molar-refractivity contribution in [2.45, 2.75) is 26.2 Å². The van der Waals surface area contributed by atoms with Gasteiger partial charge in [-0.3, -0.25) is 0 Å². The lowest BCUT2D eigenvalue weighted by Gasteiger charge is -2.12. The van der Waals surface area contributed by atoms with E-state index in [1.807, 2.05) is 0 Å². The van der Waals surface area contributed by atoms with Gasteiger partial charge in [0.2, 0.25) is 0 Å². The van der Waals surface area contributed by atoms with Crippen molar-refractivity contribution in [1.29, 1.82) is 0 Å². The number of fused-ring (bicyclic) bond motifs is 1. The number of thiocarbonyl (C=S) groups is 1. The van der Waals surface area contributed by atoms with Gasteiger partial charge in [-0.1, -0.05) is 6.07 Å². The van der Waals surface area contributed by atoms with Gasteiger partial charge in [0.1, 0.15) is 5.00 Å². The topological polar surface area (TPSA) is 76.7 Å². The molecule has 1 aliphatic rings. The number of benzene rings is 1. The van der Waals surface area contributed by atoms with E-state index in [1.54, 1.807) is 31.2 Å². The molecule has 1 aliphatic carbocycles. The first-order valence-electron chi connectivity index (χ1n) is 8.61. The number of esters is 2. The van der Waals surface area contributed by atoms with E-state index >= 15 is 0 Å². The third kappa shape index (κ3) is 4.28. The van der Waals surface area contributed by atoms with E-state index in [-0.39, 0.29) is 11.9 Å². The van der Waals surface area contributed by atoms with Crippen LogP contribution in [-0.4, -0.2) is 30.8 Å². The van der Waals surface area contributed by atoms with Gasteiger partial charge in [0.15, 0.2) is 5.11 Å². The predicted molar refractivity (Wildman–Crippen MR) is 110 cm³/mol. The molecule has 8 heteroatoms. The molecule has 2 N–H and O–H groups in total. The Bertz CT molecular complexity index is 892.